The van der Waals surface area contributed by atoms with Gasteiger partial charge in [0.2, 0.25) is 0 Å². The summed E-state index contributed by atoms with van der Waals surface area (Å²) in [6.45, 7) is 2.76. The van der Waals surface area contributed by atoms with Crippen LogP contribution < -0.4 is 4.90 Å². The van der Waals surface area contributed by atoms with Crippen LogP contribution in [0.5, 0.6) is 0 Å². The van der Waals surface area contributed by atoms with Crippen molar-refractivity contribution in [3.63, 3.8) is 0 Å². The van der Waals surface area contributed by atoms with Crippen LogP contribution in [0.1, 0.15) is 44.8 Å². The Hall–Kier alpha value is -3.47. The molecule has 0 fully saturated rings. The molecule has 29 heavy (non-hydrogen) atoms. The van der Waals surface area contributed by atoms with Gasteiger partial charge in [0.15, 0.2) is 0 Å². The molecule has 0 spiro atoms. The first kappa shape index (κ1) is 17.6. The molecular weight excluding hydrogens is 364 g/mol. The number of fused-ring (bicyclic) bond motifs is 2. The van der Waals surface area contributed by atoms with E-state index in [1.807, 2.05) is 53.4 Å². The van der Waals surface area contributed by atoms with Gasteiger partial charge >= 0.3 is 5.97 Å². The van der Waals surface area contributed by atoms with Gasteiger partial charge in [-0.15, -0.1) is 0 Å². The fourth-order valence-electron chi connectivity index (χ4n) is 4.41. The molecule has 144 valence electrons. The number of anilines is 1. The highest BCUT2D eigenvalue weighted by Crippen LogP contribution is 2.48. The average Bonchev–Trinajstić information content (AvgIpc) is 3.13. The van der Waals surface area contributed by atoms with Gasteiger partial charge in [0, 0.05) is 41.2 Å². The van der Waals surface area contributed by atoms with Gasteiger partial charge in [0.1, 0.15) is 0 Å². The minimum absolute atomic E-state index is 0.0117. The molecule has 5 rings (SSSR count). The van der Waals surface area contributed by atoms with Gasteiger partial charge in [-0.3, -0.25) is 9.78 Å². The predicted octanol–water partition coefficient (Wildman–Crippen LogP) is 4.23. The number of nitrogens with zero attached hydrogens (tertiary/aromatic N) is 2. The summed E-state index contributed by atoms with van der Waals surface area (Å²) >= 11 is 0. The number of carbonyl (C=O) groups is 2. The molecular formula is C24H20N2O3. The zero-order chi connectivity index (χ0) is 20.0. The zero-order valence-corrected chi connectivity index (χ0v) is 16.1. The molecule has 1 aromatic heterocycles. The van der Waals surface area contributed by atoms with Gasteiger partial charge in [-0.25, -0.2) is 4.79 Å². The van der Waals surface area contributed by atoms with E-state index in [9.17, 15) is 9.59 Å². The van der Waals surface area contributed by atoms with E-state index in [0.717, 1.165) is 28.9 Å². The van der Waals surface area contributed by atoms with Crippen molar-refractivity contribution in [2.24, 2.45) is 0 Å². The lowest BCUT2D eigenvalue weighted by Crippen LogP contribution is -2.30. The quantitative estimate of drug-likeness (QED) is 0.634. The van der Waals surface area contributed by atoms with E-state index < -0.39 is 0 Å². The predicted molar refractivity (Wildman–Crippen MR) is 110 cm³/mol. The molecule has 2 aliphatic rings. The van der Waals surface area contributed by atoms with Crippen molar-refractivity contribution < 1.29 is 14.3 Å². The van der Waals surface area contributed by atoms with Crippen LogP contribution in [0, 0.1) is 0 Å². The molecule has 3 aromatic rings. The lowest BCUT2D eigenvalue weighted by atomic mass is 9.81. The number of rotatable bonds is 3. The third-order valence-electron chi connectivity index (χ3n) is 5.66. The Morgan fingerprint density at radius 2 is 1.90 bits per heavy atom. The van der Waals surface area contributed by atoms with Crippen LogP contribution in [0.25, 0.3) is 11.1 Å². The van der Waals surface area contributed by atoms with Crippen molar-refractivity contribution in [1.82, 2.24) is 4.98 Å². The van der Waals surface area contributed by atoms with Crippen LogP contribution in [0.3, 0.4) is 0 Å². The van der Waals surface area contributed by atoms with E-state index in [-0.39, 0.29) is 17.8 Å². The highest BCUT2D eigenvalue weighted by molar-refractivity contribution is 6.08. The summed E-state index contributed by atoms with van der Waals surface area (Å²) in [5, 5.41) is 0. The minimum Gasteiger partial charge on any atom is -0.462 e. The van der Waals surface area contributed by atoms with Crippen molar-refractivity contribution >= 4 is 17.6 Å². The smallest absolute Gasteiger partial charge is 0.339 e. The van der Waals surface area contributed by atoms with Gasteiger partial charge in [0.05, 0.1) is 12.2 Å². The highest BCUT2D eigenvalue weighted by atomic mass is 16.5. The third-order valence-corrected chi connectivity index (χ3v) is 5.66. The van der Waals surface area contributed by atoms with Crippen molar-refractivity contribution in [1.29, 1.82) is 0 Å². The van der Waals surface area contributed by atoms with E-state index in [1.54, 1.807) is 13.1 Å². The Morgan fingerprint density at radius 1 is 1.07 bits per heavy atom. The zero-order valence-electron chi connectivity index (χ0n) is 16.1. The first-order valence-electron chi connectivity index (χ1n) is 9.83. The van der Waals surface area contributed by atoms with Gasteiger partial charge in [-0.1, -0.05) is 30.3 Å². The standard InChI is InChI=1S/C24H20N2O3/c1-2-29-24(28)16-11-19-18-9-6-10-21-22(18)17(12-20(19)25-13-16)14-26(21)23(27)15-7-4-3-5-8-15/h3-11,13,17H,2,12,14H2,1H3. The van der Waals surface area contributed by atoms with E-state index in [1.165, 1.54) is 5.56 Å². The fourth-order valence-corrected chi connectivity index (χ4v) is 4.41. The number of carbonyl (C=O) groups excluding carboxylic acids is 2. The Bertz CT molecular complexity index is 1120. The van der Waals surface area contributed by atoms with E-state index >= 15 is 0 Å². The summed E-state index contributed by atoms with van der Waals surface area (Å²) in [4.78, 5) is 31.7. The second kappa shape index (κ2) is 6.85. The summed E-state index contributed by atoms with van der Waals surface area (Å²) in [5.74, 6) is -0.140. The number of pyridine rings is 1. The molecule has 0 N–H and O–H groups in total. The topological polar surface area (TPSA) is 59.5 Å². The van der Waals surface area contributed by atoms with Crippen LogP contribution in [0.2, 0.25) is 0 Å². The first-order chi connectivity index (χ1) is 14.2. The fraction of sp³-hybridized carbons (Fsp3) is 0.208. The molecule has 1 aliphatic heterocycles. The number of benzene rings is 2. The monoisotopic (exact) mass is 384 g/mol. The molecule has 0 radical (unpaired) electrons. The van der Waals surface area contributed by atoms with Crippen molar-refractivity contribution in [3.05, 3.63) is 83.2 Å². The van der Waals surface area contributed by atoms with E-state index in [4.69, 9.17) is 4.74 Å². The SMILES string of the molecule is CCOC(=O)c1cnc2c(c1)-c1cccc3c1C(C2)CN3C(=O)c1ccccc1. The number of ether oxygens (including phenoxy) is 1. The van der Waals surface area contributed by atoms with Gasteiger partial charge in [-0.05, 0) is 48.7 Å². The number of aromatic nitrogens is 1. The Balaban J connectivity index is 1.57. The summed E-state index contributed by atoms with van der Waals surface area (Å²) in [6, 6.07) is 17.3. The molecule has 0 bridgehead atoms. The second-order valence-corrected chi connectivity index (χ2v) is 7.36. The minimum atomic E-state index is -0.363. The molecule has 1 atom stereocenters. The average molecular weight is 384 g/mol. The Kier molecular flexibility index (Phi) is 4.16. The van der Waals surface area contributed by atoms with Gasteiger partial charge < -0.3 is 9.64 Å². The molecule has 1 unspecified atom stereocenters. The number of esters is 1. The van der Waals surface area contributed by atoms with Crippen LogP contribution in [-0.4, -0.2) is 30.0 Å². The summed E-state index contributed by atoms with van der Waals surface area (Å²) in [7, 11) is 0. The van der Waals surface area contributed by atoms with Gasteiger partial charge in [0.25, 0.3) is 5.91 Å². The molecule has 5 nitrogen and oxygen atoms in total. The molecule has 2 aromatic carbocycles. The molecule has 0 saturated carbocycles. The number of hydrogen-bond donors (Lipinski definition) is 0. The van der Waals surface area contributed by atoms with E-state index in [0.29, 0.717) is 24.3 Å². The maximum Gasteiger partial charge on any atom is 0.339 e. The number of hydrogen-bond acceptors (Lipinski definition) is 4. The van der Waals surface area contributed by atoms with Crippen LogP contribution in [0.15, 0.2) is 60.8 Å². The Labute approximate surface area is 169 Å². The van der Waals surface area contributed by atoms with Crippen LogP contribution in [-0.2, 0) is 11.2 Å². The summed E-state index contributed by atoms with van der Waals surface area (Å²) in [5.41, 5.74) is 6.23. The van der Waals surface area contributed by atoms with Crippen LogP contribution >= 0.6 is 0 Å². The molecule has 2 heterocycles. The maximum absolute atomic E-state index is 13.1. The Morgan fingerprint density at radius 3 is 2.69 bits per heavy atom. The molecule has 0 saturated heterocycles. The summed E-state index contributed by atoms with van der Waals surface area (Å²) in [6.07, 6.45) is 2.34. The first-order valence-corrected chi connectivity index (χ1v) is 9.83. The van der Waals surface area contributed by atoms with Crippen LogP contribution in [0.4, 0.5) is 5.69 Å². The van der Waals surface area contributed by atoms with Gasteiger partial charge in [-0.2, -0.15) is 0 Å². The summed E-state index contributed by atoms with van der Waals surface area (Å²) < 4.78 is 5.13. The van der Waals surface area contributed by atoms with E-state index in [2.05, 4.69) is 11.1 Å². The van der Waals surface area contributed by atoms with Crippen molar-refractivity contribution in [2.45, 2.75) is 19.3 Å². The highest BCUT2D eigenvalue weighted by Gasteiger charge is 2.38. The molecule has 1 amide bonds. The normalized spacial score (nSPS) is 16.2. The number of amides is 1. The maximum atomic E-state index is 13.1. The molecule has 1 aliphatic carbocycles. The largest absolute Gasteiger partial charge is 0.462 e. The third kappa shape index (κ3) is 2.81. The lowest BCUT2D eigenvalue weighted by Gasteiger charge is -2.23. The van der Waals surface area contributed by atoms with Crippen molar-refractivity contribution in [3.8, 4) is 11.1 Å². The van der Waals surface area contributed by atoms with Crippen molar-refractivity contribution in [2.75, 3.05) is 18.1 Å². The molecule has 5 heteroatoms. The lowest BCUT2D eigenvalue weighted by molar-refractivity contribution is 0.0525. The second-order valence-electron chi connectivity index (χ2n) is 7.36.